The van der Waals surface area contributed by atoms with Crippen LogP contribution in [0, 0.1) is 0 Å². The minimum absolute atomic E-state index is 0.232. The van der Waals surface area contributed by atoms with Gasteiger partial charge in [0.25, 0.3) is 11.5 Å². The quantitative estimate of drug-likeness (QED) is 0.535. The summed E-state index contributed by atoms with van der Waals surface area (Å²) in [7, 11) is 3.22. The second-order valence-corrected chi connectivity index (χ2v) is 7.95. The number of hydrogen-bond acceptors (Lipinski definition) is 6. The van der Waals surface area contributed by atoms with E-state index >= 15 is 0 Å². The van der Waals surface area contributed by atoms with Crippen molar-refractivity contribution in [2.24, 2.45) is 7.05 Å². The van der Waals surface area contributed by atoms with Crippen molar-refractivity contribution >= 4 is 22.9 Å². The molecule has 10 nitrogen and oxygen atoms in total. The second kappa shape index (κ2) is 8.81. The molecule has 1 aromatic carbocycles. The van der Waals surface area contributed by atoms with Gasteiger partial charge in [-0.1, -0.05) is 19.3 Å². The highest BCUT2D eigenvalue weighted by Crippen LogP contribution is 2.35. The number of carboxylic acid groups (broad SMARTS) is 1. The molecule has 3 aromatic rings. The van der Waals surface area contributed by atoms with Crippen molar-refractivity contribution in [1.82, 2.24) is 25.1 Å². The Morgan fingerprint density at radius 3 is 2.72 bits per heavy atom. The van der Waals surface area contributed by atoms with Crippen molar-refractivity contribution < 1.29 is 19.4 Å². The third-order valence-electron chi connectivity index (χ3n) is 5.83. The molecule has 32 heavy (non-hydrogen) atoms. The number of carboxylic acids is 1. The van der Waals surface area contributed by atoms with E-state index in [9.17, 15) is 14.4 Å². The number of H-pyrrole nitrogens is 1. The molecule has 0 bridgehead atoms. The van der Waals surface area contributed by atoms with Gasteiger partial charge in [0.1, 0.15) is 23.5 Å². The zero-order valence-electron chi connectivity index (χ0n) is 18.0. The van der Waals surface area contributed by atoms with Crippen LogP contribution in [0.15, 0.2) is 23.0 Å². The minimum atomic E-state index is -1.14. The Hall–Kier alpha value is -3.69. The van der Waals surface area contributed by atoms with Crippen LogP contribution in [0.4, 0.5) is 0 Å². The van der Waals surface area contributed by atoms with Crippen LogP contribution in [-0.4, -0.2) is 50.4 Å². The molecule has 1 fully saturated rings. The number of nitrogens with zero attached hydrogens (tertiary/aromatic N) is 3. The van der Waals surface area contributed by atoms with Gasteiger partial charge >= 0.3 is 5.97 Å². The zero-order chi connectivity index (χ0) is 22.8. The van der Waals surface area contributed by atoms with E-state index in [2.05, 4.69) is 20.4 Å². The molecular weight excluding hydrogens is 414 g/mol. The number of ether oxygens (including phenoxy) is 1. The van der Waals surface area contributed by atoms with Crippen molar-refractivity contribution in [3.8, 4) is 17.1 Å². The van der Waals surface area contributed by atoms with Gasteiger partial charge in [-0.25, -0.2) is 9.67 Å². The number of benzene rings is 1. The van der Waals surface area contributed by atoms with Crippen molar-refractivity contribution in [3.05, 3.63) is 39.8 Å². The van der Waals surface area contributed by atoms with E-state index in [1.54, 1.807) is 17.8 Å². The fourth-order valence-electron chi connectivity index (χ4n) is 4.26. The molecule has 0 spiro atoms. The van der Waals surface area contributed by atoms with Crippen LogP contribution >= 0.6 is 0 Å². The van der Waals surface area contributed by atoms with Crippen LogP contribution in [0.1, 0.15) is 54.1 Å². The molecule has 2 heterocycles. The first-order chi connectivity index (χ1) is 15.4. The Kier molecular flexibility index (Phi) is 5.93. The maximum atomic E-state index is 13.1. The number of aliphatic carboxylic acids is 1. The van der Waals surface area contributed by atoms with Crippen LogP contribution in [0.25, 0.3) is 22.4 Å². The van der Waals surface area contributed by atoms with Gasteiger partial charge in [-0.3, -0.25) is 14.4 Å². The highest BCUT2D eigenvalue weighted by molar-refractivity contribution is 5.97. The van der Waals surface area contributed by atoms with Gasteiger partial charge in [0, 0.05) is 18.5 Å². The lowest BCUT2D eigenvalue weighted by molar-refractivity contribution is -0.135. The minimum Gasteiger partial charge on any atom is -0.496 e. The van der Waals surface area contributed by atoms with E-state index in [-0.39, 0.29) is 17.0 Å². The van der Waals surface area contributed by atoms with Crippen molar-refractivity contribution in [3.63, 3.8) is 0 Å². The summed E-state index contributed by atoms with van der Waals surface area (Å²) in [6, 6.07) is 4.61. The molecule has 3 N–H and O–H groups in total. The first-order valence-electron chi connectivity index (χ1n) is 10.5. The Labute approximate surface area is 183 Å². The Bertz CT molecular complexity index is 1240. The van der Waals surface area contributed by atoms with Crippen LogP contribution in [0.2, 0.25) is 0 Å². The molecule has 1 amide bonds. The summed E-state index contributed by atoms with van der Waals surface area (Å²) < 4.78 is 7.06. The Morgan fingerprint density at radius 2 is 2.03 bits per heavy atom. The third-order valence-corrected chi connectivity index (χ3v) is 5.83. The summed E-state index contributed by atoms with van der Waals surface area (Å²) in [6.45, 7) is -0.488. The lowest BCUT2D eigenvalue weighted by atomic mass is 9.86. The maximum absolute atomic E-state index is 13.1. The molecule has 1 aliphatic carbocycles. The molecule has 0 atom stereocenters. The standard InChI is InChI=1S/C22H25N5O5/c1-27-20-17(18(26-27)12-6-4-3-5-7-12)22(31)25-19(24-20)14-9-8-13(10-15(14)32-2)21(30)23-11-16(28)29/h8-10,12H,3-7,11H2,1-2H3,(H,23,30)(H,28,29)(H,24,25,31). The second-order valence-electron chi connectivity index (χ2n) is 7.95. The molecule has 1 saturated carbocycles. The van der Waals surface area contributed by atoms with E-state index in [1.165, 1.54) is 25.7 Å². The molecule has 4 rings (SSSR count). The Morgan fingerprint density at radius 1 is 1.28 bits per heavy atom. The van der Waals surface area contributed by atoms with Crippen LogP contribution in [0.3, 0.4) is 0 Å². The monoisotopic (exact) mass is 439 g/mol. The normalized spacial score (nSPS) is 14.4. The number of aromatic nitrogens is 4. The summed E-state index contributed by atoms with van der Waals surface area (Å²) >= 11 is 0. The topological polar surface area (TPSA) is 139 Å². The number of hydrogen-bond donors (Lipinski definition) is 3. The van der Waals surface area contributed by atoms with Crippen LogP contribution in [-0.2, 0) is 11.8 Å². The number of nitrogens with one attached hydrogen (secondary N) is 2. The molecule has 168 valence electrons. The fraction of sp³-hybridized carbons (Fsp3) is 0.409. The molecule has 10 heteroatoms. The lowest BCUT2D eigenvalue weighted by Crippen LogP contribution is -2.29. The predicted molar refractivity (Wildman–Crippen MR) is 117 cm³/mol. The lowest BCUT2D eigenvalue weighted by Gasteiger charge is -2.19. The van der Waals surface area contributed by atoms with Gasteiger partial charge in [0.15, 0.2) is 5.65 Å². The highest BCUT2D eigenvalue weighted by atomic mass is 16.5. The fourth-order valence-corrected chi connectivity index (χ4v) is 4.26. The number of amides is 1. The Balaban J connectivity index is 1.73. The van der Waals surface area contributed by atoms with E-state index < -0.39 is 18.4 Å². The van der Waals surface area contributed by atoms with Gasteiger partial charge in [-0.15, -0.1) is 0 Å². The van der Waals surface area contributed by atoms with Gasteiger partial charge in [-0.05, 0) is 31.0 Å². The largest absolute Gasteiger partial charge is 0.496 e. The summed E-state index contributed by atoms with van der Waals surface area (Å²) in [4.78, 5) is 43.4. The van der Waals surface area contributed by atoms with Gasteiger partial charge < -0.3 is 20.1 Å². The highest BCUT2D eigenvalue weighted by Gasteiger charge is 2.25. The number of methoxy groups -OCH3 is 1. The number of aryl methyl sites for hydroxylation is 1. The summed E-state index contributed by atoms with van der Waals surface area (Å²) in [5.41, 5.74) is 1.77. The number of rotatable bonds is 6. The third kappa shape index (κ3) is 4.08. The van der Waals surface area contributed by atoms with E-state index in [0.29, 0.717) is 28.2 Å². The van der Waals surface area contributed by atoms with E-state index in [1.807, 2.05) is 0 Å². The average Bonchev–Trinajstić information content (AvgIpc) is 3.14. The first kappa shape index (κ1) is 21.5. The molecular formula is C22H25N5O5. The summed E-state index contributed by atoms with van der Waals surface area (Å²) in [5.74, 6) is -0.793. The van der Waals surface area contributed by atoms with Crippen LogP contribution < -0.4 is 15.6 Å². The zero-order valence-corrected chi connectivity index (χ0v) is 18.0. The summed E-state index contributed by atoms with van der Waals surface area (Å²) in [5, 5.41) is 16.2. The van der Waals surface area contributed by atoms with Crippen molar-refractivity contribution in [1.29, 1.82) is 0 Å². The van der Waals surface area contributed by atoms with Gasteiger partial charge in [0.05, 0.1) is 18.4 Å². The average molecular weight is 439 g/mol. The SMILES string of the molecule is COc1cc(C(=O)NCC(=O)O)ccc1-c1nc2c(c(C3CCCCC3)nn2C)c(=O)[nH]1. The number of aromatic amines is 1. The predicted octanol–water partition coefficient (Wildman–Crippen LogP) is 2.19. The molecule has 1 aliphatic rings. The van der Waals surface area contributed by atoms with Gasteiger partial charge in [0.2, 0.25) is 0 Å². The van der Waals surface area contributed by atoms with Gasteiger partial charge in [-0.2, -0.15) is 5.10 Å². The summed E-state index contributed by atoms with van der Waals surface area (Å²) in [6.07, 6.45) is 5.52. The molecule has 0 radical (unpaired) electrons. The van der Waals surface area contributed by atoms with Crippen molar-refractivity contribution in [2.45, 2.75) is 38.0 Å². The van der Waals surface area contributed by atoms with E-state index in [4.69, 9.17) is 9.84 Å². The number of carbonyl (C=O) groups excluding carboxylic acids is 1. The smallest absolute Gasteiger partial charge is 0.322 e. The molecule has 2 aromatic heterocycles. The number of fused-ring (bicyclic) bond motifs is 1. The maximum Gasteiger partial charge on any atom is 0.322 e. The first-order valence-corrected chi connectivity index (χ1v) is 10.5. The van der Waals surface area contributed by atoms with Crippen molar-refractivity contribution in [2.75, 3.05) is 13.7 Å². The number of carbonyl (C=O) groups is 2. The van der Waals surface area contributed by atoms with Crippen LogP contribution in [0.5, 0.6) is 5.75 Å². The van der Waals surface area contributed by atoms with E-state index in [0.717, 1.165) is 31.4 Å². The molecule has 0 saturated heterocycles. The molecule has 0 unspecified atom stereocenters. The molecule has 0 aliphatic heterocycles.